The summed E-state index contributed by atoms with van der Waals surface area (Å²) in [5.74, 6) is 1.02. The number of aromatic nitrogens is 2. The van der Waals surface area contributed by atoms with E-state index in [1.54, 1.807) is 0 Å². The van der Waals surface area contributed by atoms with Gasteiger partial charge in [0.25, 0.3) is 0 Å². The molecule has 0 radical (unpaired) electrons. The predicted octanol–water partition coefficient (Wildman–Crippen LogP) is 6.72. The third-order valence-corrected chi connectivity index (χ3v) is 6.00. The Hall–Kier alpha value is -2.85. The van der Waals surface area contributed by atoms with Crippen molar-refractivity contribution in [1.82, 2.24) is 9.97 Å². The van der Waals surface area contributed by atoms with E-state index in [4.69, 9.17) is 0 Å². The maximum absolute atomic E-state index is 4.27. The van der Waals surface area contributed by atoms with Crippen molar-refractivity contribution in [3.05, 3.63) is 125 Å². The quantitative estimate of drug-likeness (QED) is 0.212. The van der Waals surface area contributed by atoms with E-state index < -0.39 is 0 Å². The van der Waals surface area contributed by atoms with Crippen LogP contribution in [0.3, 0.4) is 0 Å². The smallest absolute Gasteiger partial charge is 0.209 e. The van der Waals surface area contributed by atoms with Crippen LogP contribution in [0.5, 0.6) is 0 Å². The van der Waals surface area contributed by atoms with E-state index in [2.05, 4.69) is 118 Å². The third-order valence-electron chi connectivity index (χ3n) is 5.47. The Balaban J connectivity index is 0.000000194. The predicted molar refractivity (Wildman–Crippen MR) is 147 cm³/mol. The average Bonchev–Trinajstić information content (AvgIpc) is 3.26. The van der Waals surface area contributed by atoms with Gasteiger partial charge in [0.05, 0.1) is 0 Å². The number of benzene rings is 3. The number of nitrogens with zero attached hydrogens (tertiary/aromatic N) is 1. The molecule has 0 aliphatic heterocycles. The van der Waals surface area contributed by atoms with E-state index >= 15 is 0 Å². The number of hydrogen-bond acceptors (Lipinski definition) is 1. The van der Waals surface area contributed by atoms with Crippen LogP contribution in [0.1, 0.15) is 36.8 Å². The molecule has 1 aromatic heterocycles. The molecule has 1 heterocycles. The number of aromatic amines is 1. The largest absolute Gasteiger partial charge is 0.346 e. The lowest BCUT2D eigenvalue weighted by atomic mass is 9.38. The van der Waals surface area contributed by atoms with Gasteiger partial charge in [-0.05, 0) is 37.5 Å². The van der Waals surface area contributed by atoms with Crippen molar-refractivity contribution in [3.63, 3.8) is 0 Å². The molecule has 2 nitrogen and oxygen atoms in total. The topological polar surface area (TPSA) is 28.7 Å². The van der Waals surface area contributed by atoms with Gasteiger partial charge >= 0.3 is 0 Å². The Morgan fingerprint density at radius 2 is 1.45 bits per heavy atom. The zero-order valence-corrected chi connectivity index (χ0v) is 21.1. The summed E-state index contributed by atoms with van der Waals surface area (Å²) < 4.78 is 1.11. The maximum Gasteiger partial charge on any atom is 0.209 e. The summed E-state index contributed by atoms with van der Waals surface area (Å²) in [5, 5.41) is 0. The van der Waals surface area contributed by atoms with Crippen molar-refractivity contribution in [3.8, 4) is 0 Å². The van der Waals surface area contributed by atoms with Crippen LogP contribution < -0.4 is 10.9 Å². The molecular formula is C29H32BBrN2. The van der Waals surface area contributed by atoms with Gasteiger partial charge in [-0.15, -0.1) is 0 Å². The Bertz CT molecular complexity index is 1050. The molecule has 33 heavy (non-hydrogen) atoms. The van der Waals surface area contributed by atoms with Crippen molar-refractivity contribution in [2.45, 2.75) is 39.4 Å². The molecule has 0 saturated heterocycles. The lowest BCUT2D eigenvalue weighted by Crippen LogP contribution is -2.41. The van der Waals surface area contributed by atoms with Gasteiger partial charge in [-0.3, -0.25) is 0 Å². The molecule has 0 spiro atoms. The second-order valence-electron chi connectivity index (χ2n) is 8.15. The molecule has 3 aromatic carbocycles. The minimum absolute atomic E-state index is 0.504. The minimum atomic E-state index is 0.504. The van der Waals surface area contributed by atoms with Crippen molar-refractivity contribution in [2.24, 2.45) is 0 Å². The van der Waals surface area contributed by atoms with E-state index in [0.29, 0.717) is 6.71 Å². The summed E-state index contributed by atoms with van der Waals surface area (Å²) in [5.41, 5.74) is 5.21. The first-order chi connectivity index (χ1) is 16.2. The lowest BCUT2D eigenvalue weighted by Gasteiger charge is -2.13. The van der Waals surface area contributed by atoms with Gasteiger partial charge < -0.3 is 4.98 Å². The van der Waals surface area contributed by atoms with Gasteiger partial charge in [0.1, 0.15) is 5.82 Å². The number of allylic oxidation sites excluding steroid dienone is 2. The summed E-state index contributed by atoms with van der Waals surface area (Å²) in [6.45, 7) is 4.70. The summed E-state index contributed by atoms with van der Waals surface area (Å²) >= 11 is 3.41. The molecule has 0 saturated carbocycles. The molecule has 0 aliphatic carbocycles. The molecule has 4 aromatic rings. The molecule has 4 heteroatoms. The molecule has 0 unspecified atom stereocenters. The normalized spacial score (nSPS) is 10.6. The molecule has 0 atom stereocenters. The monoisotopic (exact) mass is 498 g/mol. The summed E-state index contributed by atoms with van der Waals surface area (Å²) in [4.78, 5) is 7.48. The summed E-state index contributed by atoms with van der Waals surface area (Å²) in [7, 11) is 0. The fourth-order valence-corrected chi connectivity index (χ4v) is 4.06. The van der Waals surface area contributed by atoms with Crippen LogP contribution in [0.25, 0.3) is 0 Å². The summed E-state index contributed by atoms with van der Waals surface area (Å²) in [6, 6.07) is 29.9. The molecule has 0 bridgehead atoms. The average molecular weight is 499 g/mol. The van der Waals surface area contributed by atoms with Crippen molar-refractivity contribution < 1.29 is 0 Å². The number of imidazole rings is 1. The maximum atomic E-state index is 4.27. The number of hydrogen-bond donors (Lipinski definition) is 1. The van der Waals surface area contributed by atoms with E-state index in [0.717, 1.165) is 35.3 Å². The standard InChI is InChI=1S/C18H21B.C11H11BrN2/c1-2-3-4-11-16-19(17-12-7-5-8-13-17)18-14-9-6-10-15-18;1-8-7-13-11(14-8)6-9-2-4-10(12)5-3-9/h3-10,12-15H,2,11,16H2,1H3;2-5,7H,6H2,1H3,(H,13,14). The van der Waals surface area contributed by atoms with Crippen LogP contribution in [0.4, 0.5) is 0 Å². The van der Waals surface area contributed by atoms with Crippen LogP contribution >= 0.6 is 15.9 Å². The van der Waals surface area contributed by atoms with Gasteiger partial charge in [-0.1, -0.05) is 125 Å². The minimum Gasteiger partial charge on any atom is -0.346 e. The van der Waals surface area contributed by atoms with E-state index in [9.17, 15) is 0 Å². The molecular weight excluding hydrogens is 467 g/mol. The fourth-order valence-electron chi connectivity index (χ4n) is 3.80. The number of H-pyrrole nitrogens is 1. The number of halogens is 1. The van der Waals surface area contributed by atoms with Gasteiger partial charge in [0, 0.05) is 22.8 Å². The lowest BCUT2D eigenvalue weighted by molar-refractivity contribution is 1.02. The molecule has 0 amide bonds. The Kier molecular flexibility index (Phi) is 10.3. The van der Waals surface area contributed by atoms with Crippen molar-refractivity contribution >= 4 is 33.6 Å². The highest BCUT2D eigenvalue weighted by atomic mass is 79.9. The number of rotatable bonds is 8. The van der Waals surface area contributed by atoms with Crippen LogP contribution in [0, 0.1) is 6.92 Å². The van der Waals surface area contributed by atoms with Crippen LogP contribution in [0.15, 0.2) is 108 Å². The summed E-state index contributed by atoms with van der Waals surface area (Å²) in [6.07, 6.45) is 10.7. The Labute approximate surface area is 207 Å². The van der Waals surface area contributed by atoms with E-state index in [1.165, 1.54) is 22.8 Å². The highest BCUT2D eigenvalue weighted by Gasteiger charge is 2.17. The molecule has 4 rings (SSSR count). The second kappa shape index (κ2) is 13.6. The SMILES string of the molecule is CCC=CCCB(c1ccccc1)c1ccccc1.Cc1cnc(Cc2ccc(Br)cc2)[nH]1. The number of aryl methyl sites for hydroxylation is 1. The van der Waals surface area contributed by atoms with Gasteiger partial charge in [-0.2, -0.15) is 0 Å². The Morgan fingerprint density at radius 1 is 0.848 bits per heavy atom. The van der Waals surface area contributed by atoms with Gasteiger partial charge in [-0.25, -0.2) is 4.98 Å². The second-order valence-corrected chi connectivity index (χ2v) is 9.06. The van der Waals surface area contributed by atoms with Crippen molar-refractivity contribution in [2.75, 3.05) is 0 Å². The van der Waals surface area contributed by atoms with Gasteiger partial charge in [0.2, 0.25) is 6.71 Å². The fraction of sp³-hybridized carbons (Fsp3) is 0.207. The van der Waals surface area contributed by atoms with Crippen LogP contribution in [-0.4, -0.2) is 16.7 Å². The number of nitrogens with one attached hydrogen (secondary N) is 1. The zero-order valence-electron chi connectivity index (χ0n) is 19.5. The van der Waals surface area contributed by atoms with Crippen LogP contribution in [0.2, 0.25) is 6.32 Å². The van der Waals surface area contributed by atoms with Crippen molar-refractivity contribution in [1.29, 1.82) is 0 Å². The third kappa shape index (κ3) is 8.55. The highest BCUT2D eigenvalue weighted by molar-refractivity contribution is 9.10. The first-order valence-electron chi connectivity index (χ1n) is 11.7. The molecule has 168 valence electrons. The highest BCUT2D eigenvalue weighted by Crippen LogP contribution is 2.12. The molecule has 0 fully saturated rings. The Morgan fingerprint density at radius 3 is 1.97 bits per heavy atom. The van der Waals surface area contributed by atoms with E-state index in [1.807, 2.05) is 25.3 Å². The van der Waals surface area contributed by atoms with Gasteiger partial charge in [0.15, 0.2) is 0 Å². The molecule has 0 aliphatic rings. The zero-order chi connectivity index (χ0) is 23.3. The van der Waals surface area contributed by atoms with Crippen LogP contribution in [-0.2, 0) is 6.42 Å². The first kappa shape index (κ1) is 24.8. The molecule has 1 N–H and O–H groups in total. The first-order valence-corrected chi connectivity index (χ1v) is 12.4. The van der Waals surface area contributed by atoms with E-state index in [-0.39, 0.29) is 0 Å².